The first kappa shape index (κ1) is 15.1. The van der Waals surface area contributed by atoms with E-state index in [1.807, 2.05) is 0 Å². The van der Waals surface area contributed by atoms with E-state index in [4.69, 9.17) is 24.8 Å². The van der Waals surface area contributed by atoms with Gasteiger partial charge in [-0.25, -0.2) is 4.79 Å². The van der Waals surface area contributed by atoms with Gasteiger partial charge in [0.2, 0.25) is 0 Å². The van der Waals surface area contributed by atoms with E-state index >= 15 is 0 Å². The second-order valence-corrected chi connectivity index (χ2v) is 4.56. The van der Waals surface area contributed by atoms with Gasteiger partial charge in [0.25, 0.3) is 5.60 Å². The molecule has 0 spiro atoms. The molecule has 0 fully saturated rings. The molecule has 1 aliphatic heterocycles. The Morgan fingerprint density at radius 2 is 2.14 bits per heavy atom. The van der Waals surface area contributed by atoms with Crippen LogP contribution in [0.3, 0.4) is 0 Å². The Labute approximate surface area is 122 Å². The van der Waals surface area contributed by atoms with E-state index in [-0.39, 0.29) is 13.0 Å². The van der Waals surface area contributed by atoms with Crippen molar-refractivity contribution in [1.82, 2.24) is 0 Å². The summed E-state index contributed by atoms with van der Waals surface area (Å²) in [5.74, 6) is 0.707. The number of carbonyl (C=O) groups excluding carboxylic acids is 1. The zero-order chi connectivity index (χ0) is 15.5. The van der Waals surface area contributed by atoms with Crippen molar-refractivity contribution in [3.05, 3.63) is 23.8 Å². The van der Waals surface area contributed by atoms with E-state index in [1.165, 1.54) is 7.11 Å². The van der Waals surface area contributed by atoms with E-state index in [0.29, 0.717) is 22.8 Å². The molecule has 0 bridgehead atoms. The molecule has 0 saturated carbocycles. The summed E-state index contributed by atoms with van der Waals surface area (Å²) in [6, 6.07) is 5.30. The van der Waals surface area contributed by atoms with Crippen LogP contribution >= 0.6 is 0 Å². The highest BCUT2D eigenvalue weighted by atomic mass is 16.7. The van der Waals surface area contributed by atoms with Crippen LogP contribution in [0.5, 0.6) is 11.5 Å². The maximum Gasteiger partial charge on any atom is 0.354 e. The average Bonchev–Trinajstić information content (AvgIpc) is 2.99. The van der Waals surface area contributed by atoms with Crippen molar-refractivity contribution in [2.45, 2.75) is 12.0 Å². The summed E-state index contributed by atoms with van der Waals surface area (Å²) in [6.07, 6.45) is 0.208. The van der Waals surface area contributed by atoms with E-state index < -0.39 is 11.6 Å². The number of carbonyl (C=O) groups is 1. The van der Waals surface area contributed by atoms with Gasteiger partial charge in [-0.15, -0.1) is 0 Å². The number of rotatable bonds is 5. The summed E-state index contributed by atoms with van der Waals surface area (Å²) < 4.78 is 15.2. The van der Waals surface area contributed by atoms with E-state index in [1.54, 1.807) is 32.4 Å². The third-order valence-corrected chi connectivity index (χ3v) is 3.39. The highest BCUT2D eigenvalue weighted by Crippen LogP contribution is 2.32. The van der Waals surface area contributed by atoms with Gasteiger partial charge in [-0.05, 0) is 18.2 Å². The maximum absolute atomic E-state index is 11.9. The Balaban J connectivity index is 2.34. The third-order valence-electron chi connectivity index (χ3n) is 3.39. The SMILES string of the molecule is COC(=O)C1(CN)CC(c2cc(OC)ccc2OC)=NO1. The Bertz CT molecular complexity index is 572. The topological polar surface area (TPSA) is 92.4 Å². The molecule has 2 N–H and O–H groups in total. The molecule has 1 heterocycles. The molecule has 0 amide bonds. The first-order valence-electron chi connectivity index (χ1n) is 6.36. The fourth-order valence-corrected chi connectivity index (χ4v) is 2.15. The highest BCUT2D eigenvalue weighted by Gasteiger charge is 2.47. The van der Waals surface area contributed by atoms with Gasteiger partial charge in [-0.1, -0.05) is 5.16 Å². The smallest absolute Gasteiger partial charge is 0.354 e. The third kappa shape index (κ3) is 2.64. The molecule has 0 aromatic heterocycles. The summed E-state index contributed by atoms with van der Waals surface area (Å²) in [7, 11) is 4.41. The van der Waals surface area contributed by atoms with Crippen LogP contribution in [0.2, 0.25) is 0 Å². The van der Waals surface area contributed by atoms with Crippen LogP contribution in [-0.2, 0) is 14.4 Å². The Morgan fingerprint density at radius 1 is 1.38 bits per heavy atom. The molecule has 1 aromatic rings. The molecule has 7 heteroatoms. The van der Waals surface area contributed by atoms with E-state index in [2.05, 4.69) is 5.16 Å². The molecule has 0 aliphatic carbocycles. The lowest BCUT2D eigenvalue weighted by molar-refractivity contribution is -0.165. The fraction of sp³-hybridized carbons (Fsp3) is 0.429. The number of nitrogens with two attached hydrogens (primary N) is 1. The molecule has 114 valence electrons. The van der Waals surface area contributed by atoms with Crippen molar-refractivity contribution in [3.63, 3.8) is 0 Å². The molecule has 0 radical (unpaired) electrons. The minimum atomic E-state index is -1.28. The summed E-state index contributed by atoms with van der Waals surface area (Å²) in [6.45, 7) is -0.0288. The quantitative estimate of drug-likeness (QED) is 0.804. The molecule has 1 aromatic carbocycles. The Morgan fingerprint density at radius 3 is 2.71 bits per heavy atom. The lowest BCUT2D eigenvalue weighted by Crippen LogP contribution is -2.46. The highest BCUT2D eigenvalue weighted by molar-refractivity contribution is 6.06. The lowest BCUT2D eigenvalue weighted by atomic mass is 9.93. The Kier molecular flexibility index (Phi) is 4.32. The van der Waals surface area contributed by atoms with E-state index in [9.17, 15) is 4.79 Å². The number of nitrogens with zero attached hydrogens (tertiary/aromatic N) is 1. The average molecular weight is 294 g/mol. The molecule has 1 aliphatic rings. The minimum Gasteiger partial charge on any atom is -0.497 e. The summed E-state index contributed by atoms with van der Waals surface area (Å²) in [4.78, 5) is 17.1. The van der Waals surface area contributed by atoms with Gasteiger partial charge in [-0.3, -0.25) is 0 Å². The zero-order valence-electron chi connectivity index (χ0n) is 12.2. The standard InChI is InChI=1S/C14H18N2O5/c1-18-9-4-5-12(19-2)10(6-9)11-7-14(8-15,21-16-11)13(17)20-3/h4-6H,7-8,15H2,1-3H3. The number of benzene rings is 1. The van der Waals surface area contributed by atoms with Crippen molar-refractivity contribution >= 4 is 11.7 Å². The van der Waals surface area contributed by atoms with Crippen LogP contribution in [0, 0.1) is 0 Å². The second kappa shape index (κ2) is 6.01. The summed E-state index contributed by atoms with van der Waals surface area (Å²) in [5.41, 5.74) is 5.63. The van der Waals surface area contributed by atoms with Crippen LogP contribution in [-0.4, -0.2) is 45.2 Å². The number of hydrogen-bond donors (Lipinski definition) is 1. The molecule has 21 heavy (non-hydrogen) atoms. The predicted octanol–water partition coefficient (Wildman–Crippen LogP) is 0.699. The molecular formula is C14H18N2O5. The number of methoxy groups -OCH3 is 3. The molecular weight excluding hydrogens is 276 g/mol. The van der Waals surface area contributed by atoms with Crippen LogP contribution in [0.4, 0.5) is 0 Å². The first-order chi connectivity index (χ1) is 10.1. The maximum atomic E-state index is 11.9. The minimum absolute atomic E-state index is 0.0288. The fourth-order valence-electron chi connectivity index (χ4n) is 2.15. The normalized spacial score (nSPS) is 20.5. The van der Waals surface area contributed by atoms with Crippen LogP contribution in [0.25, 0.3) is 0 Å². The predicted molar refractivity (Wildman–Crippen MR) is 75.6 cm³/mol. The monoisotopic (exact) mass is 294 g/mol. The van der Waals surface area contributed by atoms with Crippen LogP contribution in [0.15, 0.2) is 23.4 Å². The van der Waals surface area contributed by atoms with Crippen molar-refractivity contribution in [2.24, 2.45) is 10.9 Å². The van der Waals surface area contributed by atoms with Gasteiger partial charge in [0.15, 0.2) is 0 Å². The Hall–Kier alpha value is -2.28. The summed E-state index contributed by atoms with van der Waals surface area (Å²) in [5, 5.41) is 3.98. The van der Waals surface area contributed by atoms with Gasteiger partial charge in [0.05, 0.1) is 27.0 Å². The lowest BCUT2D eigenvalue weighted by Gasteiger charge is -2.21. The van der Waals surface area contributed by atoms with Gasteiger partial charge < -0.3 is 24.8 Å². The van der Waals surface area contributed by atoms with Gasteiger partial charge >= 0.3 is 5.97 Å². The largest absolute Gasteiger partial charge is 0.497 e. The van der Waals surface area contributed by atoms with Gasteiger partial charge in [0.1, 0.15) is 11.5 Å². The molecule has 0 saturated heterocycles. The zero-order valence-corrected chi connectivity index (χ0v) is 12.2. The number of hydrogen-bond acceptors (Lipinski definition) is 7. The molecule has 1 unspecified atom stereocenters. The first-order valence-corrected chi connectivity index (χ1v) is 6.36. The molecule has 1 atom stereocenters. The second-order valence-electron chi connectivity index (χ2n) is 4.56. The molecule has 7 nitrogen and oxygen atoms in total. The summed E-state index contributed by atoms with van der Waals surface area (Å²) >= 11 is 0. The molecule has 2 rings (SSSR count). The van der Waals surface area contributed by atoms with Crippen LogP contribution in [0.1, 0.15) is 12.0 Å². The van der Waals surface area contributed by atoms with Gasteiger partial charge in [-0.2, -0.15) is 0 Å². The van der Waals surface area contributed by atoms with Crippen molar-refractivity contribution in [2.75, 3.05) is 27.9 Å². The van der Waals surface area contributed by atoms with Crippen molar-refractivity contribution in [3.8, 4) is 11.5 Å². The number of ether oxygens (including phenoxy) is 3. The number of esters is 1. The van der Waals surface area contributed by atoms with Crippen molar-refractivity contribution < 1.29 is 23.8 Å². The van der Waals surface area contributed by atoms with Gasteiger partial charge in [0, 0.05) is 18.5 Å². The van der Waals surface area contributed by atoms with Crippen LogP contribution < -0.4 is 15.2 Å². The number of oxime groups is 1. The van der Waals surface area contributed by atoms with E-state index in [0.717, 1.165) is 0 Å². The van der Waals surface area contributed by atoms with Crippen molar-refractivity contribution in [1.29, 1.82) is 0 Å².